The van der Waals surface area contributed by atoms with E-state index < -0.39 is 0 Å². The Kier molecular flexibility index (Phi) is 4.19. The normalized spacial score (nSPS) is 12.8. The van der Waals surface area contributed by atoms with Gasteiger partial charge in [0.15, 0.2) is 0 Å². The molecule has 78 valence electrons. The molecule has 0 saturated heterocycles. The van der Waals surface area contributed by atoms with Gasteiger partial charge in [-0.1, -0.05) is 23.6 Å². The smallest absolute Gasteiger partial charge is 0.0773 e. The van der Waals surface area contributed by atoms with Gasteiger partial charge in [-0.05, 0) is 31.3 Å². The fraction of sp³-hybridized carbons (Fsp3) is 0.556. The van der Waals surface area contributed by atoms with Crippen molar-refractivity contribution in [2.24, 2.45) is 5.84 Å². The second-order valence-electron chi connectivity index (χ2n) is 3.25. The standard InChI is InChI=1S/C9H16N4S/c1-4-6(2)5-8(11-10)9-7(3)12-13-14-9/h8,11H,2,4-5,10H2,1,3H3. The summed E-state index contributed by atoms with van der Waals surface area (Å²) in [7, 11) is 0. The molecule has 1 heterocycles. The van der Waals surface area contributed by atoms with E-state index in [1.54, 1.807) is 0 Å². The summed E-state index contributed by atoms with van der Waals surface area (Å²) in [6, 6.07) is 0.0995. The molecule has 0 fully saturated rings. The van der Waals surface area contributed by atoms with Crippen LogP contribution in [0, 0.1) is 6.92 Å². The van der Waals surface area contributed by atoms with Crippen molar-refractivity contribution >= 4 is 11.5 Å². The van der Waals surface area contributed by atoms with E-state index in [9.17, 15) is 0 Å². The lowest BCUT2D eigenvalue weighted by Gasteiger charge is -2.14. The van der Waals surface area contributed by atoms with Gasteiger partial charge in [-0.3, -0.25) is 11.3 Å². The number of rotatable bonds is 5. The van der Waals surface area contributed by atoms with Gasteiger partial charge in [0, 0.05) is 0 Å². The Balaban J connectivity index is 2.72. The van der Waals surface area contributed by atoms with Crippen LogP contribution in [-0.4, -0.2) is 9.59 Å². The number of hydrogen-bond acceptors (Lipinski definition) is 5. The molecule has 1 aromatic heterocycles. The number of aryl methyl sites for hydroxylation is 1. The van der Waals surface area contributed by atoms with Crippen LogP contribution in [0.1, 0.15) is 36.4 Å². The Morgan fingerprint density at radius 1 is 1.71 bits per heavy atom. The van der Waals surface area contributed by atoms with Gasteiger partial charge in [0.05, 0.1) is 16.6 Å². The summed E-state index contributed by atoms with van der Waals surface area (Å²) in [5.41, 5.74) is 4.91. The zero-order valence-corrected chi connectivity index (χ0v) is 9.40. The highest BCUT2D eigenvalue weighted by Gasteiger charge is 2.16. The van der Waals surface area contributed by atoms with Crippen molar-refractivity contribution in [1.29, 1.82) is 0 Å². The van der Waals surface area contributed by atoms with E-state index in [1.165, 1.54) is 17.1 Å². The van der Waals surface area contributed by atoms with Crippen LogP contribution in [-0.2, 0) is 0 Å². The van der Waals surface area contributed by atoms with E-state index in [1.807, 2.05) is 6.92 Å². The van der Waals surface area contributed by atoms with Gasteiger partial charge in [0.1, 0.15) is 0 Å². The van der Waals surface area contributed by atoms with Crippen molar-refractivity contribution in [3.63, 3.8) is 0 Å². The van der Waals surface area contributed by atoms with Crippen molar-refractivity contribution < 1.29 is 0 Å². The molecule has 0 aromatic carbocycles. The lowest BCUT2D eigenvalue weighted by Crippen LogP contribution is -2.28. The Bertz CT molecular complexity index is 308. The van der Waals surface area contributed by atoms with Crippen LogP contribution in [0.2, 0.25) is 0 Å². The summed E-state index contributed by atoms with van der Waals surface area (Å²) < 4.78 is 3.89. The molecule has 0 aliphatic rings. The van der Waals surface area contributed by atoms with Crippen molar-refractivity contribution in [2.45, 2.75) is 32.7 Å². The first kappa shape index (κ1) is 11.3. The van der Waals surface area contributed by atoms with Crippen LogP contribution in [0.5, 0.6) is 0 Å². The predicted molar refractivity (Wildman–Crippen MR) is 58.8 cm³/mol. The molecule has 0 spiro atoms. The number of nitrogens with one attached hydrogen (secondary N) is 1. The van der Waals surface area contributed by atoms with Gasteiger partial charge < -0.3 is 0 Å². The van der Waals surface area contributed by atoms with Gasteiger partial charge in [-0.15, -0.1) is 5.10 Å². The van der Waals surface area contributed by atoms with E-state index in [4.69, 9.17) is 5.84 Å². The maximum Gasteiger partial charge on any atom is 0.0773 e. The maximum absolute atomic E-state index is 5.50. The highest BCUT2D eigenvalue weighted by molar-refractivity contribution is 7.05. The first-order chi connectivity index (χ1) is 6.69. The second kappa shape index (κ2) is 5.19. The zero-order chi connectivity index (χ0) is 10.6. The van der Waals surface area contributed by atoms with Crippen molar-refractivity contribution in [3.05, 3.63) is 22.7 Å². The second-order valence-corrected chi connectivity index (χ2v) is 4.04. The Morgan fingerprint density at radius 3 is 2.86 bits per heavy atom. The molecule has 14 heavy (non-hydrogen) atoms. The summed E-state index contributed by atoms with van der Waals surface area (Å²) in [6.07, 6.45) is 1.82. The molecule has 0 amide bonds. The van der Waals surface area contributed by atoms with Crippen molar-refractivity contribution in [2.75, 3.05) is 0 Å². The predicted octanol–water partition coefficient (Wildman–Crippen LogP) is 1.71. The molecule has 0 radical (unpaired) electrons. The zero-order valence-electron chi connectivity index (χ0n) is 8.58. The monoisotopic (exact) mass is 212 g/mol. The molecular formula is C9H16N4S. The molecule has 5 heteroatoms. The highest BCUT2D eigenvalue weighted by atomic mass is 32.1. The Hall–Kier alpha value is -0.780. The molecule has 0 aliphatic carbocycles. The lowest BCUT2D eigenvalue weighted by atomic mass is 10.0. The van der Waals surface area contributed by atoms with E-state index in [-0.39, 0.29) is 6.04 Å². The van der Waals surface area contributed by atoms with E-state index >= 15 is 0 Å². The number of hydrogen-bond donors (Lipinski definition) is 2. The van der Waals surface area contributed by atoms with Crippen molar-refractivity contribution in [1.82, 2.24) is 15.0 Å². The quantitative estimate of drug-likeness (QED) is 0.443. The number of nitrogens with zero attached hydrogens (tertiary/aromatic N) is 2. The summed E-state index contributed by atoms with van der Waals surface area (Å²) in [5, 5.41) is 3.96. The SMILES string of the molecule is C=C(CC)CC(NN)c1snnc1C. The molecule has 3 N–H and O–H groups in total. The number of nitrogens with two attached hydrogens (primary N) is 1. The fourth-order valence-corrected chi connectivity index (χ4v) is 1.92. The van der Waals surface area contributed by atoms with Gasteiger partial charge in [-0.2, -0.15) is 0 Å². The molecule has 4 nitrogen and oxygen atoms in total. The van der Waals surface area contributed by atoms with Crippen LogP contribution < -0.4 is 11.3 Å². The molecule has 0 saturated carbocycles. The molecule has 0 bridgehead atoms. The fourth-order valence-electron chi connectivity index (χ4n) is 1.22. The summed E-state index contributed by atoms with van der Waals surface area (Å²) in [4.78, 5) is 1.10. The third-order valence-corrected chi connectivity index (χ3v) is 3.14. The van der Waals surface area contributed by atoms with Crippen LogP contribution in [0.15, 0.2) is 12.2 Å². The average molecular weight is 212 g/mol. The summed E-state index contributed by atoms with van der Waals surface area (Å²) >= 11 is 1.39. The molecular weight excluding hydrogens is 196 g/mol. The number of aromatic nitrogens is 2. The summed E-state index contributed by atoms with van der Waals surface area (Å²) in [6.45, 7) is 8.00. The highest BCUT2D eigenvalue weighted by Crippen LogP contribution is 2.25. The van der Waals surface area contributed by atoms with E-state index in [0.717, 1.165) is 23.4 Å². The van der Waals surface area contributed by atoms with Gasteiger partial charge in [0.2, 0.25) is 0 Å². The van der Waals surface area contributed by atoms with Crippen LogP contribution in [0.4, 0.5) is 0 Å². The molecule has 1 aromatic rings. The van der Waals surface area contributed by atoms with Crippen molar-refractivity contribution in [3.8, 4) is 0 Å². The third kappa shape index (κ3) is 2.60. The molecule has 1 unspecified atom stereocenters. The van der Waals surface area contributed by atoms with Gasteiger partial charge in [0.25, 0.3) is 0 Å². The first-order valence-electron chi connectivity index (χ1n) is 4.60. The van der Waals surface area contributed by atoms with Gasteiger partial charge >= 0.3 is 0 Å². The molecule has 1 rings (SSSR count). The molecule has 1 atom stereocenters. The minimum Gasteiger partial charge on any atom is -0.271 e. The van der Waals surface area contributed by atoms with Crippen LogP contribution >= 0.6 is 11.5 Å². The van der Waals surface area contributed by atoms with E-state index in [2.05, 4.69) is 28.5 Å². The topological polar surface area (TPSA) is 63.8 Å². The van der Waals surface area contributed by atoms with Crippen LogP contribution in [0.3, 0.4) is 0 Å². The third-order valence-electron chi connectivity index (χ3n) is 2.20. The Labute approximate surface area is 88.3 Å². The van der Waals surface area contributed by atoms with E-state index in [0.29, 0.717) is 0 Å². The largest absolute Gasteiger partial charge is 0.271 e. The number of hydrazine groups is 1. The minimum absolute atomic E-state index is 0.0995. The average Bonchev–Trinajstić information content (AvgIpc) is 2.60. The lowest BCUT2D eigenvalue weighted by molar-refractivity contribution is 0.550. The van der Waals surface area contributed by atoms with Crippen LogP contribution in [0.25, 0.3) is 0 Å². The molecule has 0 aliphatic heterocycles. The summed E-state index contributed by atoms with van der Waals surface area (Å²) in [5.74, 6) is 5.50. The Morgan fingerprint density at radius 2 is 2.43 bits per heavy atom. The first-order valence-corrected chi connectivity index (χ1v) is 5.38. The van der Waals surface area contributed by atoms with Gasteiger partial charge in [-0.25, -0.2) is 0 Å². The maximum atomic E-state index is 5.50. The minimum atomic E-state index is 0.0995.